The monoisotopic (exact) mass is 289 g/mol. The van der Waals surface area contributed by atoms with Gasteiger partial charge in [0.15, 0.2) is 0 Å². The van der Waals surface area contributed by atoms with Crippen LogP contribution in [0.5, 0.6) is 5.75 Å². The molecule has 22 heavy (non-hydrogen) atoms. The van der Waals surface area contributed by atoms with Gasteiger partial charge in [-0.25, -0.2) is 0 Å². The van der Waals surface area contributed by atoms with Gasteiger partial charge in [0.2, 0.25) is 0 Å². The summed E-state index contributed by atoms with van der Waals surface area (Å²) in [5.74, 6) is 0.895. The van der Waals surface area contributed by atoms with Crippen LogP contribution in [0.25, 0.3) is 11.6 Å². The van der Waals surface area contributed by atoms with Crippen molar-refractivity contribution in [1.29, 1.82) is 0 Å². The number of hydrogen-bond donors (Lipinski definition) is 0. The lowest BCUT2D eigenvalue weighted by atomic mass is 9.96. The van der Waals surface area contributed by atoms with Crippen molar-refractivity contribution in [3.05, 3.63) is 65.1 Å². The van der Waals surface area contributed by atoms with Crippen LogP contribution in [0.4, 0.5) is 0 Å². The number of ether oxygens (including phenoxy) is 1. The molecular weight excluding hydrogens is 271 g/mol. The highest BCUT2D eigenvalue weighted by atomic mass is 16.5. The van der Waals surface area contributed by atoms with E-state index in [1.807, 2.05) is 12.1 Å². The molecule has 0 bridgehead atoms. The summed E-state index contributed by atoms with van der Waals surface area (Å²) in [6.07, 6.45) is 4.36. The van der Waals surface area contributed by atoms with Crippen molar-refractivity contribution < 1.29 is 4.74 Å². The molecule has 0 spiro atoms. The Balaban J connectivity index is 1.79. The molecule has 4 heteroatoms. The second-order valence-corrected chi connectivity index (χ2v) is 5.84. The molecule has 4 rings (SSSR count). The van der Waals surface area contributed by atoms with Crippen molar-refractivity contribution in [3.8, 4) is 5.75 Å². The van der Waals surface area contributed by atoms with Crippen LogP contribution in [-0.2, 0) is 0 Å². The standard InChI is InChI=1S/C18H18BN2O/c1-12-17-11-15-5-4-10-20(15)19-21(17)13(2)18(12)14-6-8-16(22-3)9-7-14/h4-11,13H,1-3H3. The fourth-order valence-electron chi connectivity index (χ4n) is 3.47. The van der Waals surface area contributed by atoms with Gasteiger partial charge in [0.05, 0.1) is 7.11 Å². The second kappa shape index (κ2) is 4.84. The maximum Gasteiger partial charge on any atom is 0.396 e. The maximum atomic E-state index is 5.26. The summed E-state index contributed by atoms with van der Waals surface area (Å²) >= 11 is 0. The molecule has 3 nitrogen and oxygen atoms in total. The normalized spacial score (nSPS) is 19.5. The van der Waals surface area contributed by atoms with Crippen LogP contribution in [0.2, 0.25) is 0 Å². The van der Waals surface area contributed by atoms with E-state index in [4.69, 9.17) is 4.74 Å². The molecule has 1 aromatic carbocycles. The highest BCUT2D eigenvalue weighted by Crippen LogP contribution is 2.41. The number of hydrogen-bond acceptors (Lipinski definition) is 2. The van der Waals surface area contributed by atoms with E-state index < -0.39 is 0 Å². The molecule has 0 fully saturated rings. The van der Waals surface area contributed by atoms with Crippen LogP contribution >= 0.6 is 0 Å². The minimum atomic E-state index is 0.329. The van der Waals surface area contributed by atoms with E-state index in [-0.39, 0.29) is 0 Å². The van der Waals surface area contributed by atoms with E-state index in [2.05, 4.69) is 67.2 Å². The van der Waals surface area contributed by atoms with Crippen LogP contribution < -0.4 is 4.74 Å². The third-order valence-corrected chi connectivity index (χ3v) is 4.65. The van der Waals surface area contributed by atoms with Gasteiger partial charge >= 0.3 is 7.55 Å². The molecular formula is C18H18BN2O. The summed E-state index contributed by atoms with van der Waals surface area (Å²) in [7, 11) is 3.89. The largest absolute Gasteiger partial charge is 0.497 e. The lowest BCUT2D eigenvalue weighted by Crippen LogP contribution is -2.38. The first-order valence-corrected chi connectivity index (χ1v) is 7.56. The third kappa shape index (κ3) is 1.83. The van der Waals surface area contributed by atoms with Gasteiger partial charge in [-0.15, -0.1) is 0 Å². The molecule has 1 aromatic heterocycles. The Morgan fingerprint density at radius 2 is 1.91 bits per heavy atom. The highest BCUT2D eigenvalue weighted by Gasteiger charge is 2.34. The number of fused-ring (bicyclic) bond motifs is 2. The average molecular weight is 289 g/mol. The summed E-state index contributed by atoms with van der Waals surface area (Å²) in [6, 6.07) is 12.9. The SMILES string of the molecule is COc1ccc(C2=C(C)C3=Cc4cccn4[B]N3C2C)cc1. The van der Waals surface area contributed by atoms with Crippen molar-refractivity contribution in [3.63, 3.8) is 0 Å². The molecule has 3 heterocycles. The Hall–Kier alpha value is -2.36. The van der Waals surface area contributed by atoms with Gasteiger partial charge in [0.1, 0.15) is 5.75 Å². The second-order valence-electron chi connectivity index (χ2n) is 5.84. The predicted octanol–water partition coefficient (Wildman–Crippen LogP) is 3.41. The van der Waals surface area contributed by atoms with Crippen molar-refractivity contribution in [2.24, 2.45) is 0 Å². The summed E-state index contributed by atoms with van der Waals surface area (Å²) in [6.45, 7) is 4.48. The molecule has 2 aliphatic rings. The molecule has 0 aliphatic carbocycles. The van der Waals surface area contributed by atoms with Crippen molar-refractivity contribution in [2.45, 2.75) is 19.9 Å². The Bertz CT molecular complexity index is 786. The minimum Gasteiger partial charge on any atom is -0.497 e. The fourth-order valence-corrected chi connectivity index (χ4v) is 3.47. The zero-order chi connectivity index (χ0) is 15.3. The number of benzene rings is 1. The zero-order valence-corrected chi connectivity index (χ0v) is 13.1. The quantitative estimate of drug-likeness (QED) is 0.788. The molecule has 2 aromatic rings. The smallest absolute Gasteiger partial charge is 0.396 e. The molecule has 2 aliphatic heterocycles. The first-order chi connectivity index (χ1) is 10.7. The van der Waals surface area contributed by atoms with Gasteiger partial charge in [0, 0.05) is 17.4 Å². The number of aromatic nitrogens is 1. The number of allylic oxidation sites excluding steroid dienone is 1. The van der Waals surface area contributed by atoms with Crippen LogP contribution in [0.15, 0.2) is 53.9 Å². The molecule has 0 amide bonds. The molecule has 0 N–H and O–H groups in total. The predicted molar refractivity (Wildman–Crippen MR) is 90.5 cm³/mol. The van der Waals surface area contributed by atoms with E-state index in [0.29, 0.717) is 6.04 Å². The topological polar surface area (TPSA) is 17.4 Å². The average Bonchev–Trinajstić information content (AvgIpc) is 3.09. The first kappa shape index (κ1) is 13.3. The lowest BCUT2D eigenvalue weighted by Gasteiger charge is -2.30. The molecule has 1 atom stereocenters. The van der Waals surface area contributed by atoms with Crippen LogP contribution in [-0.4, -0.2) is 30.0 Å². The Morgan fingerprint density at radius 1 is 1.14 bits per heavy atom. The third-order valence-electron chi connectivity index (χ3n) is 4.65. The maximum absolute atomic E-state index is 5.26. The van der Waals surface area contributed by atoms with E-state index >= 15 is 0 Å². The molecule has 1 unspecified atom stereocenters. The zero-order valence-electron chi connectivity index (χ0n) is 13.1. The summed E-state index contributed by atoms with van der Waals surface area (Å²) < 4.78 is 7.44. The number of methoxy groups -OCH3 is 1. The fraction of sp³-hybridized carbons (Fsp3) is 0.222. The summed E-state index contributed by atoms with van der Waals surface area (Å²) in [5, 5.41) is 0. The van der Waals surface area contributed by atoms with E-state index in [1.165, 1.54) is 28.1 Å². The van der Waals surface area contributed by atoms with Gasteiger partial charge in [-0.1, -0.05) is 12.1 Å². The number of nitrogens with zero attached hydrogens (tertiary/aromatic N) is 2. The van der Waals surface area contributed by atoms with Gasteiger partial charge in [-0.2, -0.15) is 0 Å². The number of rotatable bonds is 2. The summed E-state index contributed by atoms with van der Waals surface area (Å²) in [5.41, 5.74) is 6.52. The Labute approximate surface area is 131 Å². The molecule has 1 radical (unpaired) electrons. The van der Waals surface area contributed by atoms with Crippen LogP contribution in [0, 0.1) is 0 Å². The first-order valence-electron chi connectivity index (χ1n) is 7.56. The van der Waals surface area contributed by atoms with Crippen molar-refractivity contribution >= 4 is 19.2 Å². The van der Waals surface area contributed by atoms with E-state index in [9.17, 15) is 0 Å². The minimum absolute atomic E-state index is 0.329. The molecule has 0 saturated heterocycles. The van der Waals surface area contributed by atoms with E-state index in [0.717, 1.165) is 5.75 Å². The highest BCUT2D eigenvalue weighted by molar-refractivity contribution is 6.33. The van der Waals surface area contributed by atoms with E-state index in [1.54, 1.807) is 7.11 Å². The van der Waals surface area contributed by atoms with Gasteiger partial charge in [-0.05, 0) is 67.1 Å². The molecule has 0 saturated carbocycles. The van der Waals surface area contributed by atoms with Crippen LogP contribution in [0.1, 0.15) is 25.1 Å². The van der Waals surface area contributed by atoms with Crippen LogP contribution in [0.3, 0.4) is 0 Å². The molecule has 109 valence electrons. The Morgan fingerprint density at radius 3 is 2.64 bits per heavy atom. The lowest BCUT2D eigenvalue weighted by molar-refractivity contribution is 0.414. The van der Waals surface area contributed by atoms with Crippen molar-refractivity contribution in [1.82, 2.24) is 9.29 Å². The van der Waals surface area contributed by atoms with Gasteiger partial charge in [0.25, 0.3) is 0 Å². The summed E-state index contributed by atoms with van der Waals surface area (Å²) in [4.78, 5) is 2.35. The van der Waals surface area contributed by atoms with Gasteiger partial charge < -0.3 is 14.0 Å². The van der Waals surface area contributed by atoms with Crippen molar-refractivity contribution in [2.75, 3.05) is 7.11 Å². The Kier molecular flexibility index (Phi) is 2.93. The van der Waals surface area contributed by atoms with Gasteiger partial charge in [-0.3, -0.25) is 0 Å².